The number of nitrogens with one attached hydrogen (secondary N) is 1. The number of carbonyl (C=O) groups is 2. The summed E-state index contributed by atoms with van der Waals surface area (Å²) in [6.45, 7) is 1.33. The van der Waals surface area contributed by atoms with Crippen LogP contribution in [-0.2, 0) is 11.2 Å². The Balaban J connectivity index is 1.43. The molecule has 2 amide bonds. The molecule has 2 aromatic carbocycles. The number of benzene rings is 2. The number of anilines is 1. The number of amides is 2. The standard InChI is InChI=1S/C23H28ClN3O2/c1-26(2)21-10-6-18(7-11-21)23(29)27-15-13-20(14-16-27)25-22(28)12-5-17-3-8-19(24)9-4-17/h3-4,6-11,20H,5,12-16H2,1-2H3,(H,25,28). The molecule has 0 atom stereocenters. The highest BCUT2D eigenvalue weighted by atomic mass is 35.5. The summed E-state index contributed by atoms with van der Waals surface area (Å²) in [5.74, 6) is 0.117. The molecule has 29 heavy (non-hydrogen) atoms. The SMILES string of the molecule is CN(C)c1ccc(C(=O)N2CCC(NC(=O)CCc3ccc(Cl)cc3)CC2)cc1. The molecule has 6 heteroatoms. The van der Waals surface area contributed by atoms with Gasteiger partial charge in [-0.2, -0.15) is 0 Å². The molecule has 1 saturated heterocycles. The van der Waals surface area contributed by atoms with E-state index in [9.17, 15) is 9.59 Å². The predicted molar refractivity (Wildman–Crippen MR) is 118 cm³/mol. The number of likely N-dealkylation sites (tertiary alicyclic amines) is 1. The number of rotatable bonds is 6. The van der Waals surface area contributed by atoms with E-state index in [0.29, 0.717) is 36.5 Å². The summed E-state index contributed by atoms with van der Waals surface area (Å²) in [6.07, 6.45) is 2.73. The molecular weight excluding hydrogens is 386 g/mol. The number of nitrogens with zero attached hydrogens (tertiary/aromatic N) is 2. The van der Waals surface area contributed by atoms with Gasteiger partial charge < -0.3 is 15.1 Å². The highest BCUT2D eigenvalue weighted by Crippen LogP contribution is 2.17. The van der Waals surface area contributed by atoms with E-state index in [0.717, 1.165) is 24.1 Å². The average molecular weight is 414 g/mol. The first-order chi connectivity index (χ1) is 13.9. The molecule has 0 aliphatic carbocycles. The summed E-state index contributed by atoms with van der Waals surface area (Å²) >= 11 is 5.89. The third-order valence-electron chi connectivity index (χ3n) is 5.33. The van der Waals surface area contributed by atoms with Crippen LogP contribution < -0.4 is 10.2 Å². The van der Waals surface area contributed by atoms with E-state index in [4.69, 9.17) is 11.6 Å². The van der Waals surface area contributed by atoms with E-state index >= 15 is 0 Å². The van der Waals surface area contributed by atoms with Crippen LogP contribution in [0.5, 0.6) is 0 Å². The monoisotopic (exact) mass is 413 g/mol. The van der Waals surface area contributed by atoms with Gasteiger partial charge in [-0.3, -0.25) is 9.59 Å². The summed E-state index contributed by atoms with van der Waals surface area (Å²) in [5, 5.41) is 3.81. The molecule has 2 aromatic rings. The van der Waals surface area contributed by atoms with Crippen molar-refractivity contribution in [2.45, 2.75) is 31.7 Å². The number of halogens is 1. The second-order valence-electron chi connectivity index (χ2n) is 7.70. The van der Waals surface area contributed by atoms with Crippen LogP contribution >= 0.6 is 11.6 Å². The third-order valence-corrected chi connectivity index (χ3v) is 5.58. The number of aryl methyl sites for hydroxylation is 1. The maximum Gasteiger partial charge on any atom is 0.253 e. The average Bonchev–Trinajstić information content (AvgIpc) is 2.73. The fourth-order valence-electron chi connectivity index (χ4n) is 3.52. The van der Waals surface area contributed by atoms with Gasteiger partial charge in [-0.15, -0.1) is 0 Å². The fraction of sp³-hybridized carbons (Fsp3) is 0.391. The Bertz CT molecular complexity index is 826. The summed E-state index contributed by atoms with van der Waals surface area (Å²) in [7, 11) is 3.96. The largest absolute Gasteiger partial charge is 0.378 e. The zero-order valence-corrected chi connectivity index (χ0v) is 17.8. The first kappa shape index (κ1) is 21.2. The highest BCUT2D eigenvalue weighted by molar-refractivity contribution is 6.30. The van der Waals surface area contributed by atoms with Crippen LogP contribution in [0.1, 0.15) is 35.2 Å². The minimum absolute atomic E-state index is 0.0582. The fourth-order valence-corrected chi connectivity index (χ4v) is 3.65. The zero-order valence-electron chi connectivity index (χ0n) is 17.0. The van der Waals surface area contributed by atoms with E-state index < -0.39 is 0 Å². The Morgan fingerprint density at radius 3 is 2.24 bits per heavy atom. The lowest BCUT2D eigenvalue weighted by Crippen LogP contribution is -2.46. The molecule has 1 N–H and O–H groups in total. The van der Waals surface area contributed by atoms with Gasteiger partial charge in [0.2, 0.25) is 5.91 Å². The van der Waals surface area contributed by atoms with Gasteiger partial charge in [-0.05, 0) is 61.2 Å². The molecule has 5 nitrogen and oxygen atoms in total. The van der Waals surface area contributed by atoms with Crippen molar-refractivity contribution in [3.05, 3.63) is 64.7 Å². The van der Waals surface area contributed by atoms with Gasteiger partial charge in [-0.1, -0.05) is 23.7 Å². The zero-order chi connectivity index (χ0) is 20.8. The van der Waals surface area contributed by atoms with Crippen LogP contribution in [0.4, 0.5) is 5.69 Å². The van der Waals surface area contributed by atoms with Crippen molar-refractivity contribution < 1.29 is 9.59 Å². The molecule has 0 bridgehead atoms. The lowest BCUT2D eigenvalue weighted by atomic mass is 10.0. The Labute approximate surface area is 177 Å². The highest BCUT2D eigenvalue weighted by Gasteiger charge is 2.24. The summed E-state index contributed by atoms with van der Waals surface area (Å²) in [6, 6.07) is 15.4. The Morgan fingerprint density at radius 1 is 1.03 bits per heavy atom. The van der Waals surface area contributed by atoms with Gasteiger partial charge in [0, 0.05) is 55.9 Å². The Hall–Kier alpha value is -2.53. The first-order valence-corrected chi connectivity index (χ1v) is 10.4. The summed E-state index contributed by atoms with van der Waals surface area (Å²) < 4.78 is 0. The van der Waals surface area contributed by atoms with E-state index in [1.165, 1.54) is 0 Å². The smallest absolute Gasteiger partial charge is 0.253 e. The molecule has 0 unspecified atom stereocenters. The van der Waals surface area contributed by atoms with Crippen molar-refractivity contribution >= 4 is 29.1 Å². The maximum absolute atomic E-state index is 12.7. The summed E-state index contributed by atoms with van der Waals surface area (Å²) in [4.78, 5) is 28.8. The third kappa shape index (κ3) is 5.97. The van der Waals surface area contributed by atoms with Crippen molar-refractivity contribution in [1.82, 2.24) is 10.2 Å². The molecular formula is C23H28ClN3O2. The Kier molecular flexibility index (Phi) is 7.15. The van der Waals surface area contributed by atoms with Gasteiger partial charge in [-0.25, -0.2) is 0 Å². The molecule has 1 fully saturated rings. The molecule has 0 saturated carbocycles. The van der Waals surface area contributed by atoms with Crippen molar-refractivity contribution in [3.63, 3.8) is 0 Å². The van der Waals surface area contributed by atoms with Gasteiger partial charge in [0.25, 0.3) is 5.91 Å². The van der Waals surface area contributed by atoms with Crippen LogP contribution in [0.15, 0.2) is 48.5 Å². The van der Waals surface area contributed by atoms with E-state index in [1.807, 2.05) is 72.4 Å². The quantitative estimate of drug-likeness (QED) is 0.784. The molecule has 3 rings (SSSR count). The first-order valence-electron chi connectivity index (χ1n) is 10.0. The van der Waals surface area contributed by atoms with Crippen molar-refractivity contribution in [1.29, 1.82) is 0 Å². The van der Waals surface area contributed by atoms with E-state index in [2.05, 4.69) is 5.32 Å². The number of piperidine rings is 1. The second kappa shape index (κ2) is 9.79. The number of carbonyl (C=O) groups excluding carboxylic acids is 2. The number of hydrogen-bond acceptors (Lipinski definition) is 3. The van der Waals surface area contributed by atoms with Gasteiger partial charge in [0.05, 0.1) is 0 Å². The second-order valence-corrected chi connectivity index (χ2v) is 8.14. The molecule has 0 radical (unpaired) electrons. The van der Waals surface area contributed by atoms with Crippen LogP contribution in [0.2, 0.25) is 5.02 Å². The molecule has 1 aliphatic heterocycles. The molecule has 154 valence electrons. The van der Waals surface area contributed by atoms with Crippen molar-refractivity contribution in [2.24, 2.45) is 0 Å². The van der Waals surface area contributed by atoms with Gasteiger partial charge in [0.1, 0.15) is 0 Å². The van der Waals surface area contributed by atoms with Crippen LogP contribution in [0.3, 0.4) is 0 Å². The van der Waals surface area contributed by atoms with Crippen LogP contribution in [0, 0.1) is 0 Å². The molecule has 0 aromatic heterocycles. The maximum atomic E-state index is 12.7. The molecule has 1 heterocycles. The van der Waals surface area contributed by atoms with Crippen molar-refractivity contribution in [2.75, 3.05) is 32.1 Å². The minimum Gasteiger partial charge on any atom is -0.378 e. The lowest BCUT2D eigenvalue weighted by molar-refractivity contribution is -0.122. The van der Waals surface area contributed by atoms with Crippen LogP contribution in [-0.4, -0.2) is 49.9 Å². The van der Waals surface area contributed by atoms with Gasteiger partial charge in [0.15, 0.2) is 0 Å². The Morgan fingerprint density at radius 2 is 1.66 bits per heavy atom. The number of hydrogen-bond donors (Lipinski definition) is 1. The van der Waals surface area contributed by atoms with Crippen LogP contribution in [0.25, 0.3) is 0 Å². The topological polar surface area (TPSA) is 52.7 Å². The van der Waals surface area contributed by atoms with E-state index in [1.54, 1.807) is 0 Å². The lowest BCUT2D eigenvalue weighted by Gasteiger charge is -2.32. The normalized spacial score (nSPS) is 14.5. The molecule has 0 spiro atoms. The van der Waals surface area contributed by atoms with Gasteiger partial charge >= 0.3 is 0 Å². The molecule has 1 aliphatic rings. The van der Waals surface area contributed by atoms with E-state index in [-0.39, 0.29) is 17.9 Å². The van der Waals surface area contributed by atoms with Crippen molar-refractivity contribution in [3.8, 4) is 0 Å². The predicted octanol–water partition coefficient (Wildman–Crippen LogP) is 3.76. The minimum atomic E-state index is 0.0582. The summed E-state index contributed by atoms with van der Waals surface area (Å²) in [5.41, 5.74) is 2.88.